The summed E-state index contributed by atoms with van der Waals surface area (Å²) < 4.78 is 31.3. The molecule has 0 aliphatic carbocycles. The number of fused-ring (bicyclic) bond motifs is 2. The number of methoxy groups -OCH3 is 1. The standard InChI is InChI=1S/C27H21N3O5S/c1-35-25-13-11-20(16-28-25)18-8-6-17(7-9-18)15-29-26(31)19-10-12-24-22(14-19)30-27(32)21-4-2-3-5-23(21)36(24,33)34/h2-14,16H,15H2,1H3,(H,29,31)(H,30,32). The summed E-state index contributed by atoms with van der Waals surface area (Å²) in [5.74, 6) is -0.398. The van der Waals surface area contributed by atoms with Gasteiger partial charge in [-0.25, -0.2) is 13.4 Å². The number of nitrogens with zero attached hydrogens (tertiary/aromatic N) is 1. The Morgan fingerprint density at radius 3 is 2.42 bits per heavy atom. The predicted octanol–water partition coefficient (Wildman–Crippen LogP) is 4.09. The molecule has 0 fully saturated rings. The maximum Gasteiger partial charge on any atom is 0.257 e. The summed E-state index contributed by atoms with van der Waals surface area (Å²) in [5, 5.41) is 5.45. The van der Waals surface area contributed by atoms with Crippen molar-refractivity contribution in [1.82, 2.24) is 10.3 Å². The third kappa shape index (κ3) is 4.32. The van der Waals surface area contributed by atoms with Gasteiger partial charge < -0.3 is 15.4 Å². The number of hydrogen-bond acceptors (Lipinski definition) is 6. The van der Waals surface area contributed by atoms with Crippen LogP contribution < -0.4 is 15.4 Å². The van der Waals surface area contributed by atoms with Gasteiger partial charge in [0.2, 0.25) is 15.7 Å². The number of carbonyl (C=O) groups excluding carboxylic acids is 2. The van der Waals surface area contributed by atoms with Gasteiger partial charge in [-0.2, -0.15) is 0 Å². The van der Waals surface area contributed by atoms with E-state index in [0.717, 1.165) is 16.7 Å². The van der Waals surface area contributed by atoms with Crippen molar-refractivity contribution in [2.75, 3.05) is 12.4 Å². The van der Waals surface area contributed by atoms with E-state index in [1.807, 2.05) is 30.3 Å². The summed E-state index contributed by atoms with van der Waals surface area (Å²) in [5.41, 5.74) is 3.17. The molecule has 0 bridgehead atoms. The lowest BCUT2D eigenvalue weighted by Gasteiger charge is -2.11. The SMILES string of the molecule is COc1ccc(-c2ccc(CNC(=O)c3ccc4c(c3)NC(=O)c3ccccc3S4(=O)=O)cc2)cn1. The minimum Gasteiger partial charge on any atom is -0.481 e. The van der Waals surface area contributed by atoms with E-state index in [4.69, 9.17) is 4.74 Å². The van der Waals surface area contributed by atoms with Crippen molar-refractivity contribution in [2.24, 2.45) is 0 Å². The van der Waals surface area contributed by atoms with E-state index in [9.17, 15) is 18.0 Å². The normalized spacial score (nSPS) is 13.5. The number of carbonyl (C=O) groups is 2. The number of aromatic nitrogens is 1. The predicted molar refractivity (Wildman–Crippen MR) is 134 cm³/mol. The van der Waals surface area contributed by atoms with Crippen LogP contribution in [0.3, 0.4) is 0 Å². The first-order chi connectivity index (χ1) is 17.4. The molecule has 3 aromatic carbocycles. The van der Waals surface area contributed by atoms with Gasteiger partial charge >= 0.3 is 0 Å². The first-order valence-electron chi connectivity index (χ1n) is 11.0. The van der Waals surface area contributed by atoms with Crippen LogP contribution in [-0.2, 0) is 16.4 Å². The van der Waals surface area contributed by atoms with E-state index in [1.54, 1.807) is 31.5 Å². The maximum atomic E-state index is 13.1. The molecule has 0 unspecified atom stereocenters. The van der Waals surface area contributed by atoms with Gasteiger partial charge in [0.25, 0.3) is 11.8 Å². The zero-order valence-corrected chi connectivity index (χ0v) is 20.0. The van der Waals surface area contributed by atoms with E-state index in [-0.39, 0.29) is 33.2 Å². The number of benzene rings is 3. The minimum absolute atomic E-state index is 0.0547. The molecule has 9 heteroatoms. The molecule has 1 aromatic heterocycles. The van der Waals surface area contributed by atoms with Crippen LogP contribution in [0.2, 0.25) is 0 Å². The summed E-state index contributed by atoms with van der Waals surface area (Å²) in [6, 6.07) is 21.6. The molecule has 0 atom stereocenters. The molecule has 1 aliphatic heterocycles. The third-order valence-corrected chi connectivity index (χ3v) is 7.76. The monoisotopic (exact) mass is 499 g/mol. The first-order valence-corrected chi connectivity index (χ1v) is 12.5. The second-order valence-corrected chi connectivity index (χ2v) is 10.0. The number of pyridine rings is 1. The Balaban J connectivity index is 1.31. The van der Waals surface area contributed by atoms with E-state index in [2.05, 4.69) is 15.6 Å². The number of hydrogen-bond donors (Lipinski definition) is 2. The van der Waals surface area contributed by atoms with Crippen LogP contribution >= 0.6 is 0 Å². The fourth-order valence-corrected chi connectivity index (χ4v) is 5.56. The molecule has 36 heavy (non-hydrogen) atoms. The van der Waals surface area contributed by atoms with Crippen LogP contribution in [0.1, 0.15) is 26.3 Å². The number of rotatable bonds is 5. The van der Waals surface area contributed by atoms with Crippen molar-refractivity contribution in [3.05, 3.63) is 102 Å². The Morgan fingerprint density at radius 1 is 0.944 bits per heavy atom. The molecule has 0 saturated heterocycles. The van der Waals surface area contributed by atoms with Gasteiger partial charge in [-0.05, 0) is 47.5 Å². The second-order valence-electron chi connectivity index (χ2n) is 8.13. The number of ether oxygens (including phenoxy) is 1. The number of sulfone groups is 1. The summed E-state index contributed by atoms with van der Waals surface area (Å²) in [4.78, 5) is 29.5. The molecule has 0 saturated carbocycles. The lowest BCUT2D eigenvalue weighted by molar-refractivity contribution is 0.0949. The highest BCUT2D eigenvalue weighted by Crippen LogP contribution is 2.34. The Morgan fingerprint density at radius 2 is 1.69 bits per heavy atom. The van der Waals surface area contributed by atoms with E-state index < -0.39 is 21.7 Å². The van der Waals surface area contributed by atoms with Crippen LogP contribution in [0, 0.1) is 0 Å². The van der Waals surface area contributed by atoms with Crippen LogP contribution in [-0.4, -0.2) is 32.3 Å². The molecule has 5 rings (SSSR count). The van der Waals surface area contributed by atoms with Gasteiger partial charge in [-0.3, -0.25) is 9.59 Å². The van der Waals surface area contributed by atoms with Gasteiger partial charge in [-0.1, -0.05) is 36.4 Å². The van der Waals surface area contributed by atoms with Gasteiger partial charge in [0.1, 0.15) is 0 Å². The van der Waals surface area contributed by atoms with Crippen molar-refractivity contribution in [2.45, 2.75) is 16.3 Å². The third-order valence-electron chi connectivity index (χ3n) is 5.89. The number of nitrogens with one attached hydrogen (secondary N) is 2. The second kappa shape index (κ2) is 9.27. The lowest BCUT2D eigenvalue weighted by atomic mass is 10.1. The van der Waals surface area contributed by atoms with Crippen molar-refractivity contribution in [3.8, 4) is 17.0 Å². The minimum atomic E-state index is -3.93. The molecule has 0 radical (unpaired) electrons. The molecule has 0 spiro atoms. The molecule has 180 valence electrons. The highest BCUT2D eigenvalue weighted by atomic mass is 32.2. The average Bonchev–Trinajstić information content (AvgIpc) is 2.99. The zero-order chi connectivity index (χ0) is 25.3. The smallest absolute Gasteiger partial charge is 0.257 e. The quantitative estimate of drug-likeness (QED) is 0.428. The van der Waals surface area contributed by atoms with Gasteiger partial charge in [-0.15, -0.1) is 0 Å². The highest BCUT2D eigenvalue weighted by Gasteiger charge is 2.31. The number of anilines is 1. The van der Waals surface area contributed by atoms with Gasteiger partial charge in [0, 0.05) is 29.9 Å². The summed E-state index contributed by atoms with van der Waals surface area (Å²) in [7, 11) is -2.36. The molecule has 8 nitrogen and oxygen atoms in total. The Bertz CT molecular complexity index is 1580. The number of amides is 2. The molecule has 4 aromatic rings. The van der Waals surface area contributed by atoms with E-state index >= 15 is 0 Å². The Hall–Kier alpha value is -4.50. The maximum absolute atomic E-state index is 13.1. The van der Waals surface area contributed by atoms with Gasteiger partial charge in [0.05, 0.1) is 28.2 Å². The molecule has 2 N–H and O–H groups in total. The van der Waals surface area contributed by atoms with Crippen LogP contribution in [0.4, 0.5) is 5.69 Å². The average molecular weight is 500 g/mol. The first kappa shape index (κ1) is 23.3. The Labute approximate surface area is 207 Å². The van der Waals surface area contributed by atoms with Crippen molar-refractivity contribution in [1.29, 1.82) is 0 Å². The van der Waals surface area contributed by atoms with E-state index in [0.29, 0.717) is 5.88 Å². The molecule has 2 amide bonds. The van der Waals surface area contributed by atoms with Crippen LogP contribution in [0.5, 0.6) is 5.88 Å². The van der Waals surface area contributed by atoms with Crippen molar-refractivity contribution < 1.29 is 22.7 Å². The van der Waals surface area contributed by atoms with Gasteiger partial charge in [0.15, 0.2) is 0 Å². The fourth-order valence-electron chi connectivity index (χ4n) is 3.97. The van der Waals surface area contributed by atoms with Crippen molar-refractivity contribution >= 4 is 27.3 Å². The summed E-state index contributed by atoms with van der Waals surface area (Å²) >= 11 is 0. The summed E-state index contributed by atoms with van der Waals surface area (Å²) in [6.45, 7) is 0.271. The van der Waals surface area contributed by atoms with Crippen molar-refractivity contribution in [3.63, 3.8) is 0 Å². The topological polar surface area (TPSA) is 114 Å². The lowest BCUT2D eigenvalue weighted by Crippen LogP contribution is -2.23. The largest absolute Gasteiger partial charge is 0.481 e. The molecular weight excluding hydrogens is 478 g/mol. The molecule has 1 aliphatic rings. The zero-order valence-electron chi connectivity index (χ0n) is 19.2. The summed E-state index contributed by atoms with van der Waals surface area (Å²) in [6.07, 6.45) is 1.73. The Kier molecular flexibility index (Phi) is 5.99. The van der Waals surface area contributed by atoms with Crippen LogP contribution in [0.15, 0.2) is 94.9 Å². The molecular formula is C27H21N3O5S. The molecule has 2 heterocycles. The highest BCUT2D eigenvalue weighted by molar-refractivity contribution is 7.91. The fraction of sp³-hybridized carbons (Fsp3) is 0.0741. The van der Waals surface area contributed by atoms with Crippen LogP contribution in [0.25, 0.3) is 11.1 Å². The van der Waals surface area contributed by atoms with E-state index in [1.165, 1.54) is 30.3 Å².